The van der Waals surface area contributed by atoms with Crippen LogP contribution < -0.4 is 0 Å². The summed E-state index contributed by atoms with van der Waals surface area (Å²) in [4.78, 5) is 14.3. The average Bonchev–Trinajstić information content (AvgIpc) is 2.13. The normalized spacial score (nSPS) is 11.9. The maximum Gasteiger partial charge on any atom is 0.249 e. The Balaban J connectivity index is 3.08. The van der Waals surface area contributed by atoms with Gasteiger partial charge >= 0.3 is 0 Å². The molecule has 0 unspecified atom stereocenters. The molecule has 0 saturated carbocycles. The van der Waals surface area contributed by atoms with E-state index in [-0.39, 0.29) is 16.5 Å². The number of nitro groups is 1. The molecule has 80 valence electrons. The lowest BCUT2D eigenvalue weighted by atomic mass is 10.1. The Bertz CT molecular complexity index is 402. The Morgan fingerprint density at radius 2 is 2.27 bits per heavy atom. The van der Waals surface area contributed by atoms with Crippen molar-refractivity contribution in [1.29, 1.82) is 0 Å². The first-order valence-electron chi connectivity index (χ1n) is 4.47. The molecule has 0 N–H and O–H groups in total. The summed E-state index contributed by atoms with van der Waals surface area (Å²) < 4.78 is 0.808. The van der Waals surface area contributed by atoms with Crippen LogP contribution >= 0.6 is 15.9 Å². The molecule has 0 atom stereocenters. The predicted molar refractivity (Wildman–Crippen MR) is 61.7 cm³/mol. The number of hydrogen-bond donors (Lipinski definition) is 0. The molecule has 0 amide bonds. The number of halogens is 1. The molecule has 15 heavy (non-hydrogen) atoms. The molecular weight excluding hydrogens is 260 g/mol. The van der Waals surface area contributed by atoms with Gasteiger partial charge in [0.05, 0.1) is 4.92 Å². The topological polar surface area (TPSA) is 56.0 Å². The van der Waals surface area contributed by atoms with E-state index in [0.717, 1.165) is 10.0 Å². The Morgan fingerprint density at radius 3 is 2.73 bits per heavy atom. The number of allylic oxidation sites excluding steroid dienone is 1. The number of rotatable bonds is 3. The van der Waals surface area contributed by atoms with Crippen molar-refractivity contribution in [2.24, 2.45) is 5.92 Å². The summed E-state index contributed by atoms with van der Waals surface area (Å²) >= 11 is 3.26. The summed E-state index contributed by atoms with van der Waals surface area (Å²) in [6.07, 6.45) is 4.78. The van der Waals surface area contributed by atoms with Crippen LogP contribution in [0.4, 0.5) is 0 Å². The third kappa shape index (κ3) is 3.43. The molecule has 1 heterocycles. The van der Waals surface area contributed by atoms with Crippen LogP contribution in [0, 0.1) is 16.0 Å². The maximum absolute atomic E-state index is 10.7. The van der Waals surface area contributed by atoms with Crippen molar-refractivity contribution in [3.63, 3.8) is 0 Å². The largest absolute Gasteiger partial charge is 0.263 e. The van der Waals surface area contributed by atoms with Crippen molar-refractivity contribution in [1.82, 2.24) is 4.98 Å². The van der Waals surface area contributed by atoms with Gasteiger partial charge in [-0.3, -0.25) is 15.1 Å². The van der Waals surface area contributed by atoms with Gasteiger partial charge in [0.15, 0.2) is 0 Å². The molecule has 0 aromatic carbocycles. The zero-order valence-corrected chi connectivity index (χ0v) is 10.1. The first-order chi connectivity index (χ1) is 7.00. The van der Waals surface area contributed by atoms with E-state index in [1.807, 2.05) is 0 Å². The second-order valence-electron chi connectivity index (χ2n) is 3.42. The van der Waals surface area contributed by atoms with Crippen molar-refractivity contribution in [2.45, 2.75) is 13.8 Å². The van der Waals surface area contributed by atoms with Gasteiger partial charge in [-0.1, -0.05) is 13.8 Å². The molecule has 4 nitrogen and oxygen atoms in total. The molecule has 0 bridgehead atoms. The second-order valence-corrected chi connectivity index (χ2v) is 4.33. The number of pyridine rings is 1. The Hall–Kier alpha value is -1.23. The molecule has 0 fully saturated rings. The number of nitrogens with zero attached hydrogens (tertiary/aromatic N) is 2. The summed E-state index contributed by atoms with van der Waals surface area (Å²) in [7, 11) is 0. The van der Waals surface area contributed by atoms with Gasteiger partial charge in [0.25, 0.3) is 0 Å². The van der Waals surface area contributed by atoms with Crippen LogP contribution in [-0.4, -0.2) is 9.91 Å². The van der Waals surface area contributed by atoms with Gasteiger partial charge < -0.3 is 0 Å². The lowest BCUT2D eigenvalue weighted by Gasteiger charge is -2.01. The van der Waals surface area contributed by atoms with E-state index in [9.17, 15) is 10.1 Å². The third-order valence-corrected chi connectivity index (χ3v) is 2.28. The van der Waals surface area contributed by atoms with Gasteiger partial charge in [-0.15, -0.1) is 0 Å². The van der Waals surface area contributed by atoms with Gasteiger partial charge in [-0.05, 0) is 22.0 Å². The highest BCUT2D eigenvalue weighted by molar-refractivity contribution is 9.10. The smallest absolute Gasteiger partial charge is 0.249 e. The molecular formula is C10H11BrN2O2. The van der Waals surface area contributed by atoms with Gasteiger partial charge in [-0.2, -0.15) is 0 Å². The van der Waals surface area contributed by atoms with E-state index >= 15 is 0 Å². The van der Waals surface area contributed by atoms with Crippen LogP contribution in [0.1, 0.15) is 19.4 Å². The summed E-state index contributed by atoms with van der Waals surface area (Å²) in [6, 6.07) is 1.79. The van der Waals surface area contributed by atoms with Crippen molar-refractivity contribution >= 4 is 22.0 Å². The Labute approximate surface area is 96.3 Å². The molecule has 5 heteroatoms. The van der Waals surface area contributed by atoms with Gasteiger partial charge in [0.2, 0.25) is 5.70 Å². The second kappa shape index (κ2) is 5.02. The lowest BCUT2D eigenvalue weighted by Crippen LogP contribution is -2.05. The first kappa shape index (κ1) is 11.8. The summed E-state index contributed by atoms with van der Waals surface area (Å²) in [6.45, 7) is 3.58. The Kier molecular flexibility index (Phi) is 3.96. The average molecular weight is 271 g/mol. The minimum Gasteiger partial charge on any atom is -0.263 e. The molecule has 0 radical (unpaired) electrons. The predicted octanol–water partition coefficient (Wildman–Crippen LogP) is 3.12. The standard InChI is InChI=1S/C10H11BrN2O2/c1-7(2)10(13(14)15)4-8-3-9(11)6-12-5-8/h3-7H,1-2H3/b10-4-. The fourth-order valence-corrected chi connectivity index (χ4v) is 1.49. The minimum absolute atomic E-state index is 0.112. The van der Waals surface area contributed by atoms with Gasteiger partial charge in [-0.25, -0.2) is 0 Å². The highest BCUT2D eigenvalue weighted by Crippen LogP contribution is 2.17. The lowest BCUT2D eigenvalue weighted by molar-refractivity contribution is -0.431. The van der Waals surface area contributed by atoms with Crippen LogP contribution in [0.3, 0.4) is 0 Å². The van der Waals surface area contributed by atoms with E-state index in [1.165, 1.54) is 0 Å². The molecule has 0 aliphatic rings. The van der Waals surface area contributed by atoms with E-state index in [2.05, 4.69) is 20.9 Å². The van der Waals surface area contributed by atoms with Crippen molar-refractivity contribution < 1.29 is 4.92 Å². The molecule has 1 aromatic rings. The highest BCUT2D eigenvalue weighted by Gasteiger charge is 2.15. The highest BCUT2D eigenvalue weighted by atomic mass is 79.9. The number of hydrogen-bond acceptors (Lipinski definition) is 3. The zero-order valence-electron chi connectivity index (χ0n) is 8.48. The molecule has 1 rings (SSSR count). The SMILES string of the molecule is CC(C)/C(=C/c1cncc(Br)c1)[N+](=O)[O-]. The molecule has 0 aliphatic heterocycles. The van der Waals surface area contributed by atoms with E-state index < -0.39 is 0 Å². The van der Waals surface area contributed by atoms with Crippen LogP contribution in [0.2, 0.25) is 0 Å². The Morgan fingerprint density at radius 1 is 1.60 bits per heavy atom. The number of aromatic nitrogens is 1. The van der Waals surface area contributed by atoms with Gasteiger partial charge in [0.1, 0.15) is 0 Å². The summed E-state index contributed by atoms with van der Waals surface area (Å²) in [5, 5.41) is 10.7. The molecule has 0 saturated heterocycles. The minimum atomic E-state index is -0.356. The van der Waals surface area contributed by atoms with Crippen molar-refractivity contribution in [2.75, 3.05) is 0 Å². The quantitative estimate of drug-likeness (QED) is 0.627. The van der Waals surface area contributed by atoms with E-state index in [1.54, 1.807) is 38.4 Å². The van der Waals surface area contributed by atoms with Crippen LogP contribution in [0.15, 0.2) is 28.6 Å². The van der Waals surface area contributed by atoms with Crippen molar-refractivity contribution in [3.05, 3.63) is 44.3 Å². The maximum atomic E-state index is 10.7. The van der Waals surface area contributed by atoms with Crippen LogP contribution in [-0.2, 0) is 0 Å². The molecule has 0 spiro atoms. The summed E-state index contributed by atoms with van der Waals surface area (Å²) in [5.41, 5.74) is 0.916. The fraction of sp³-hybridized carbons (Fsp3) is 0.300. The van der Waals surface area contributed by atoms with E-state index in [0.29, 0.717) is 0 Å². The molecule has 0 aliphatic carbocycles. The van der Waals surface area contributed by atoms with Crippen LogP contribution in [0.25, 0.3) is 6.08 Å². The monoisotopic (exact) mass is 270 g/mol. The van der Waals surface area contributed by atoms with Gasteiger partial charge in [0, 0.05) is 34.4 Å². The van der Waals surface area contributed by atoms with E-state index in [4.69, 9.17) is 0 Å². The summed E-state index contributed by atoms with van der Waals surface area (Å²) in [5.74, 6) is -0.112. The zero-order chi connectivity index (χ0) is 11.4. The fourth-order valence-electron chi connectivity index (χ4n) is 1.11. The molecule has 1 aromatic heterocycles. The first-order valence-corrected chi connectivity index (χ1v) is 5.26. The van der Waals surface area contributed by atoms with Crippen molar-refractivity contribution in [3.8, 4) is 0 Å². The third-order valence-electron chi connectivity index (χ3n) is 1.84. The van der Waals surface area contributed by atoms with Crippen LogP contribution in [0.5, 0.6) is 0 Å².